The highest BCUT2D eigenvalue weighted by Gasteiger charge is 2.32. The predicted molar refractivity (Wildman–Crippen MR) is 156 cm³/mol. The van der Waals surface area contributed by atoms with Gasteiger partial charge in [-0.25, -0.2) is 0 Å². The molecule has 0 atom stereocenters. The number of para-hydroxylation sites is 1. The molecule has 0 aromatic heterocycles. The monoisotopic (exact) mass is 504 g/mol. The van der Waals surface area contributed by atoms with E-state index in [0.29, 0.717) is 5.75 Å². The molecule has 0 heterocycles. The molecule has 0 fully saturated rings. The molecule has 36 heavy (non-hydrogen) atoms. The highest BCUT2D eigenvalue weighted by atomic mass is 16.5. The number of phenols is 2. The molecule has 2 N–H and O–H groups in total. The van der Waals surface area contributed by atoms with Gasteiger partial charge in [0.2, 0.25) is 5.75 Å². The molecule has 0 aliphatic heterocycles. The van der Waals surface area contributed by atoms with Gasteiger partial charge in [0.15, 0.2) is 11.5 Å². The summed E-state index contributed by atoms with van der Waals surface area (Å²) in [6.07, 6.45) is 29.0. The van der Waals surface area contributed by atoms with Gasteiger partial charge < -0.3 is 14.9 Å². The fourth-order valence-electron chi connectivity index (χ4n) is 5.39. The Kier molecular flexibility index (Phi) is 19.7. The summed E-state index contributed by atoms with van der Waals surface area (Å²) in [6, 6.07) is 5.12. The van der Waals surface area contributed by atoms with Crippen LogP contribution in [0.15, 0.2) is 18.2 Å². The molecule has 0 amide bonds. The largest absolute Gasteiger partial charge is 0.504 e. The summed E-state index contributed by atoms with van der Waals surface area (Å²) in [5.41, 5.74) is -0.247. The second kappa shape index (κ2) is 21.7. The molecule has 0 aliphatic carbocycles. The van der Waals surface area contributed by atoms with Crippen LogP contribution in [0.25, 0.3) is 0 Å². The lowest BCUT2D eigenvalue weighted by molar-refractivity contribution is 0.0305. The normalized spacial score (nSPS) is 11.8. The van der Waals surface area contributed by atoms with Crippen LogP contribution in [-0.2, 0) is 0 Å². The number of hydrogen-bond acceptors (Lipinski definition) is 3. The maximum Gasteiger partial charge on any atom is 0.200 e. The Hall–Kier alpha value is -1.38. The fourth-order valence-corrected chi connectivity index (χ4v) is 5.39. The number of hydrogen-bond donors (Lipinski definition) is 2. The minimum Gasteiger partial charge on any atom is -0.504 e. The van der Waals surface area contributed by atoms with Crippen LogP contribution in [0.1, 0.15) is 168 Å². The SMILES string of the molecule is CCCCCCCCCCC(CCCCCC)(CCCCCCCCCC)Oc1cccc(O)c1O. The van der Waals surface area contributed by atoms with Gasteiger partial charge in [-0.3, -0.25) is 0 Å². The van der Waals surface area contributed by atoms with Crippen molar-refractivity contribution in [2.45, 2.75) is 174 Å². The summed E-state index contributed by atoms with van der Waals surface area (Å²) < 4.78 is 6.70. The first-order valence-corrected chi connectivity index (χ1v) is 15.8. The molecule has 0 bridgehead atoms. The van der Waals surface area contributed by atoms with Crippen LogP contribution >= 0.6 is 0 Å². The third-order valence-electron chi connectivity index (χ3n) is 7.76. The van der Waals surface area contributed by atoms with E-state index in [4.69, 9.17) is 4.74 Å². The van der Waals surface area contributed by atoms with Crippen LogP contribution in [-0.4, -0.2) is 15.8 Å². The molecule has 0 unspecified atom stereocenters. The summed E-state index contributed by atoms with van der Waals surface area (Å²) in [4.78, 5) is 0. The number of unbranched alkanes of at least 4 members (excludes halogenated alkanes) is 17. The Balaban J connectivity index is 2.77. The van der Waals surface area contributed by atoms with Crippen molar-refractivity contribution in [3.05, 3.63) is 18.2 Å². The van der Waals surface area contributed by atoms with Crippen molar-refractivity contribution in [1.82, 2.24) is 0 Å². The van der Waals surface area contributed by atoms with Crippen LogP contribution in [0.3, 0.4) is 0 Å². The van der Waals surface area contributed by atoms with Gasteiger partial charge in [-0.05, 0) is 50.7 Å². The zero-order valence-corrected chi connectivity index (χ0v) is 24.3. The maximum absolute atomic E-state index is 10.5. The van der Waals surface area contributed by atoms with Crippen LogP contribution in [0.4, 0.5) is 0 Å². The first kappa shape index (κ1) is 32.6. The summed E-state index contributed by atoms with van der Waals surface area (Å²) in [6.45, 7) is 6.81. The number of ether oxygens (including phenoxy) is 1. The van der Waals surface area contributed by atoms with Crippen molar-refractivity contribution >= 4 is 0 Å². The number of benzene rings is 1. The van der Waals surface area contributed by atoms with Crippen LogP contribution in [0.2, 0.25) is 0 Å². The minimum atomic E-state index is -0.247. The first-order chi connectivity index (χ1) is 17.6. The molecule has 1 aromatic carbocycles. The van der Waals surface area contributed by atoms with Gasteiger partial charge in [0, 0.05) is 0 Å². The van der Waals surface area contributed by atoms with E-state index in [1.807, 2.05) is 6.07 Å². The van der Waals surface area contributed by atoms with Crippen molar-refractivity contribution in [3.8, 4) is 17.2 Å². The highest BCUT2D eigenvalue weighted by Crippen LogP contribution is 2.41. The lowest BCUT2D eigenvalue weighted by Gasteiger charge is -2.36. The van der Waals surface area contributed by atoms with Crippen LogP contribution in [0, 0.1) is 0 Å². The standard InChI is InChI=1S/C33H60O3/c1-4-7-10-13-15-17-19-22-28-33(27-21-12-9-6-3,29-23-20-18-16-14-11-8-5-2)36-31-26-24-25-30(34)32(31)35/h24-26,34-35H,4-23,27-29H2,1-3H3. The predicted octanol–water partition coefficient (Wildman–Crippen LogP) is 11.2. The Morgan fingerprint density at radius 2 is 0.889 bits per heavy atom. The maximum atomic E-state index is 10.5. The lowest BCUT2D eigenvalue weighted by atomic mass is 9.84. The minimum absolute atomic E-state index is 0.0912. The second-order valence-corrected chi connectivity index (χ2v) is 11.2. The topological polar surface area (TPSA) is 49.7 Å². The summed E-state index contributed by atoms with van der Waals surface area (Å²) in [5, 5.41) is 20.6. The Morgan fingerprint density at radius 3 is 1.31 bits per heavy atom. The molecular formula is C33H60O3. The number of rotatable bonds is 25. The second-order valence-electron chi connectivity index (χ2n) is 11.2. The smallest absolute Gasteiger partial charge is 0.200 e. The van der Waals surface area contributed by atoms with Gasteiger partial charge in [0.05, 0.1) is 0 Å². The van der Waals surface area contributed by atoms with E-state index in [-0.39, 0.29) is 17.1 Å². The van der Waals surface area contributed by atoms with Gasteiger partial charge in [-0.15, -0.1) is 0 Å². The molecule has 1 aromatic rings. The van der Waals surface area contributed by atoms with Crippen molar-refractivity contribution < 1.29 is 14.9 Å². The number of aromatic hydroxyl groups is 2. The van der Waals surface area contributed by atoms with Gasteiger partial charge >= 0.3 is 0 Å². The molecule has 0 spiro atoms. The average Bonchev–Trinajstić information content (AvgIpc) is 2.88. The molecular weight excluding hydrogens is 444 g/mol. The van der Waals surface area contributed by atoms with Crippen LogP contribution in [0.5, 0.6) is 17.2 Å². The van der Waals surface area contributed by atoms with Gasteiger partial charge in [0.25, 0.3) is 0 Å². The van der Waals surface area contributed by atoms with Gasteiger partial charge in [-0.1, -0.05) is 136 Å². The lowest BCUT2D eigenvalue weighted by Crippen LogP contribution is -2.36. The fraction of sp³-hybridized carbons (Fsp3) is 0.818. The highest BCUT2D eigenvalue weighted by molar-refractivity contribution is 5.49. The molecule has 0 radical (unpaired) electrons. The molecule has 1 rings (SSSR count). The van der Waals surface area contributed by atoms with E-state index < -0.39 is 0 Å². The molecule has 3 heteroatoms. The van der Waals surface area contributed by atoms with E-state index in [1.54, 1.807) is 6.07 Å². The summed E-state index contributed by atoms with van der Waals surface area (Å²) in [5.74, 6) is 0.249. The van der Waals surface area contributed by atoms with E-state index in [9.17, 15) is 10.2 Å². The quantitative estimate of drug-likeness (QED) is 0.103. The molecule has 0 aliphatic rings. The zero-order chi connectivity index (χ0) is 26.3. The van der Waals surface area contributed by atoms with E-state index in [0.717, 1.165) is 19.3 Å². The molecule has 210 valence electrons. The van der Waals surface area contributed by atoms with E-state index in [2.05, 4.69) is 20.8 Å². The van der Waals surface area contributed by atoms with Crippen molar-refractivity contribution in [2.24, 2.45) is 0 Å². The third-order valence-corrected chi connectivity index (χ3v) is 7.76. The van der Waals surface area contributed by atoms with Gasteiger partial charge in [0.1, 0.15) is 5.60 Å². The third kappa shape index (κ3) is 15.0. The van der Waals surface area contributed by atoms with Gasteiger partial charge in [-0.2, -0.15) is 0 Å². The Morgan fingerprint density at radius 1 is 0.528 bits per heavy atom. The van der Waals surface area contributed by atoms with E-state index in [1.165, 1.54) is 134 Å². The van der Waals surface area contributed by atoms with E-state index >= 15 is 0 Å². The van der Waals surface area contributed by atoms with Crippen molar-refractivity contribution in [1.29, 1.82) is 0 Å². The summed E-state index contributed by atoms with van der Waals surface area (Å²) >= 11 is 0. The molecule has 0 saturated carbocycles. The Bertz CT molecular complexity index is 607. The van der Waals surface area contributed by atoms with Crippen molar-refractivity contribution in [2.75, 3.05) is 0 Å². The molecule has 3 nitrogen and oxygen atoms in total. The summed E-state index contributed by atoms with van der Waals surface area (Å²) in [7, 11) is 0. The Labute approximate surface area is 224 Å². The number of phenolic OH excluding ortho intramolecular Hbond substituents is 2. The van der Waals surface area contributed by atoms with Crippen LogP contribution < -0.4 is 4.74 Å². The zero-order valence-electron chi connectivity index (χ0n) is 24.3. The average molecular weight is 505 g/mol. The first-order valence-electron chi connectivity index (χ1n) is 15.8. The molecule has 0 saturated heterocycles. The van der Waals surface area contributed by atoms with Crippen molar-refractivity contribution in [3.63, 3.8) is 0 Å².